The Balaban J connectivity index is 2.61. The topological polar surface area (TPSA) is 69.7 Å². The lowest BCUT2D eigenvalue weighted by Crippen LogP contribution is -2.44. The predicted octanol–water partition coefficient (Wildman–Crippen LogP) is 5.17. The number of carbonyl (C=O) groups excluding carboxylic acids is 3. The molecule has 5 nitrogen and oxygen atoms in total. The minimum absolute atomic E-state index is 0.0665. The fourth-order valence-electron chi connectivity index (χ4n) is 3.97. The van der Waals surface area contributed by atoms with Crippen molar-refractivity contribution in [3.63, 3.8) is 0 Å². The molecular formula is C23H38O5. The first kappa shape index (κ1) is 24.4. The molecule has 160 valence electrons. The molecule has 0 amide bonds. The molecule has 0 unspecified atom stereocenters. The maximum atomic E-state index is 13.0. The molecule has 5 heteroatoms. The molecule has 0 saturated carbocycles. The van der Waals surface area contributed by atoms with Crippen LogP contribution >= 0.6 is 0 Å². The van der Waals surface area contributed by atoms with E-state index in [2.05, 4.69) is 6.92 Å². The van der Waals surface area contributed by atoms with Gasteiger partial charge in [-0.3, -0.25) is 14.4 Å². The number of hydrogen-bond donors (Lipinski definition) is 0. The number of methoxy groups -OCH3 is 2. The molecule has 1 atom stereocenters. The van der Waals surface area contributed by atoms with Gasteiger partial charge in [0.25, 0.3) is 0 Å². The van der Waals surface area contributed by atoms with Crippen LogP contribution in [0.4, 0.5) is 0 Å². The molecule has 1 aliphatic carbocycles. The minimum Gasteiger partial charge on any atom is -0.500 e. The number of ether oxygens (including phenoxy) is 2. The average Bonchev–Trinajstić information content (AvgIpc) is 2.65. The van der Waals surface area contributed by atoms with Gasteiger partial charge in [-0.25, -0.2) is 0 Å². The number of hydrogen-bond acceptors (Lipinski definition) is 5. The molecule has 0 aliphatic heterocycles. The summed E-state index contributed by atoms with van der Waals surface area (Å²) in [7, 11) is 2.74. The van der Waals surface area contributed by atoms with E-state index in [0.29, 0.717) is 18.6 Å². The third kappa shape index (κ3) is 6.75. The summed E-state index contributed by atoms with van der Waals surface area (Å²) >= 11 is 0. The van der Waals surface area contributed by atoms with Gasteiger partial charge in [-0.05, 0) is 11.8 Å². The van der Waals surface area contributed by atoms with Crippen LogP contribution in [0, 0.1) is 11.3 Å². The third-order valence-corrected chi connectivity index (χ3v) is 5.65. The summed E-state index contributed by atoms with van der Waals surface area (Å²) in [5.41, 5.74) is -0.575. The first-order valence-corrected chi connectivity index (χ1v) is 10.7. The second-order valence-electron chi connectivity index (χ2n) is 8.49. The maximum absolute atomic E-state index is 13.0. The van der Waals surface area contributed by atoms with Crippen LogP contribution in [-0.2, 0) is 23.9 Å². The van der Waals surface area contributed by atoms with Gasteiger partial charge in [0.05, 0.1) is 19.8 Å². The standard InChI is InChI=1S/C23H38O5/c1-6-7-8-9-10-11-12-13-14-15-17(24)19-18(27-4)16-23(2,3)20(21(19)25)22(26)28-5/h20H,6-16H2,1-5H3/t20-/m1/s1. The summed E-state index contributed by atoms with van der Waals surface area (Å²) in [6.07, 6.45) is 11.1. The Bertz CT molecular complexity index is 574. The van der Waals surface area contributed by atoms with Gasteiger partial charge in [0, 0.05) is 12.8 Å². The van der Waals surface area contributed by atoms with Crippen molar-refractivity contribution < 1.29 is 23.9 Å². The van der Waals surface area contributed by atoms with Gasteiger partial charge in [0.2, 0.25) is 0 Å². The van der Waals surface area contributed by atoms with Crippen molar-refractivity contribution in [3.8, 4) is 0 Å². The highest BCUT2D eigenvalue weighted by atomic mass is 16.5. The second-order valence-corrected chi connectivity index (χ2v) is 8.49. The Morgan fingerprint density at radius 3 is 2.00 bits per heavy atom. The van der Waals surface area contributed by atoms with Crippen LogP contribution in [0.1, 0.15) is 91.4 Å². The van der Waals surface area contributed by atoms with Crippen molar-refractivity contribution in [2.75, 3.05) is 14.2 Å². The Kier molecular flexibility index (Phi) is 10.5. The largest absolute Gasteiger partial charge is 0.500 e. The number of rotatable bonds is 13. The van der Waals surface area contributed by atoms with E-state index in [9.17, 15) is 14.4 Å². The number of esters is 1. The van der Waals surface area contributed by atoms with Crippen LogP contribution in [0.3, 0.4) is 0 Å². The molecule has 0 fully saturated rings. The van der Waals surface area contributed by atoms with Gasteiger partial charge in [-0.2, -0.15) is 0 Å². The molecule has 1 aliphatic rings. The van der Waals surface area contributed by atoms with E-state index in [1.165, 1.54) is 52.7 Å². The molecule has 0 spiro atoms. The summed E-state index contributed by atoms with van der Waals surface area (Å²) < 4.78 is 10.2. The van der Waals surface area contributed by atoms with E-state index in [1.807, 2.05) is 13.8 Å². The molecule has 0 heterocycles. The average molecular weight is 395 g/mol. The summed E-state index contributed by atoms with van der Waals surface area (Å²) in [6, 6.07) is 0. The number of carbonyl (C=O) groups is 3. The molecule has 0 saturated heterocycles. The van der Waals surface area contributed by atoms with E-state index in [4.69, 9.17) is 9.47 Å². The molecule has 0 radical (unpaired) electrons. The van der Waals surface area contributed by atoms with Crippen LogP contribution in [0.2, 0.25) is 0 Å². The number of allylic oxidation sites excluding steroid dienone is 2. The Morgan fingerprint density at radius 2 is 1.50 bits per heavy atom. The summed E-state index contributed by atoms with van der Waals surface area (Å²) in [5.74, 6) is -1.82. The van der Waals surface area contributed by atoms with E-state index < -0.39 is 23.1 Å². The van der Waals surface area contributed by atoms with Crippen molar-refractivity contribution in [2.45, 2.75) is 91.4 Å². The highest BCUT2D eigenvalue weighted by Crippen LogP contribution is 2.42. The third-order valence-electron chi connectivity index (χ3n) is 5.65. The molecule has 0 aromatic carbocycles. The molecule has 0 aromatic heterocycles. The van der Waals surface area contributed by atoms with Gasteiger partial charge < -0.3 is 9.47 Å². The Labute approximate surface area is 170 Å². The lowest BCUT2D eigenvalue weighted by molar-refractivity contribution is -0.154. The molecular weight excluding hydrogens is 356 g/mol. The van der Waals surface area contributed by atoms with Gasteiger partial charge >= 0.3 is 5.97 Å². The molecule has 1 rings (SSSR count). The van der Waals surface area contributed by atoms with Crippen LogP contribution in [0.5, 0.6) is 0 Å². The first-order valence-electron chi connectivity index (χ1n) is 10.7. The maximum Gasteiger partial charge on any atom is 0.317 e. The van der Waals surface area contributed by atoms with Crippen molar-refractivity contribution in [2.24, 2.45) is 11.3 Å². The number of unbranched alkanes of at least 4 members (excludes halogenated alkanes) is 8. The number of ketones is 2. The highest BCUT2D eigenvalue weighted by molar-refractivity contribution is 6.25. The Hall–Kier alpha value is -1.65. The van der Waals surface area contributed by atoms with Gasteiger partial charge in [0.15, 0.2) is 11.6 Å². The number of Topliss-reactive ketones (excluding diaryl/α,β-unsaturated/α-hetero) is 2. The lowest BCUT2D eigenvalue weighted by Gasteiger charge is -2.36. The van der Waals surface area contributed by atoms with Crippen LogP contribution in [0.15, 0.2) is 11.3 Å². The van der Waals surface area contributed by atoms with Crippen molar-refractivity contribution in [1.29, 1.82) is 0 Å². The molecule has 0 aromatic rings. The van der Waals surface area contributed by atoms with Gasteiger partial charge in [-0.1, -0.05) is 72.1 Å². The molecule has 28 heavy (non-hydrogen) atoms. The normalized spacial score (nSPS) is 18.9. The van der Waals surface area contributed by atoms with E-state index >= 15 is 0 Å². The fraction of sp³-hybridized carbons (Fsp3) is 0.783. The van der Waals surface area contributed by atoms with E-state index in [1.54, 1.807) is 0 Å². The summed E-state index contributed by atoms with van der Waals surface area (Å²) in [4.78, 5) is 37.9. The minimum atomic E-state index is -0.960. The van der Waals surface area contributed by atoms with Crippen molar-refractivity contribution in [3.05, 3.63) is 11.3 Å². The van der Waals surface area contributed by atoms with Crippen LogP contribution in [-0.4, -0.2) is 31.8 Å². The van der Waals surface area contributed by atoms with E-state index in [0.717, 1.165) is 19.3 Å². The molecule has 0 bridgehead atoms. The van der Waals surface area contributed by atoms with Crippen molar-refractivity contribution in [1.82, 2.24) is 0 Å². The van der Waals surface area contributed by atoms with Gasteiger partial charge in [-0.15, -0.1) is 0 Å². The quantitative estimate of drug-likeness (QED) is 0.187. The SMILES string of the molecule is CCCCCCCCCCCC(=O)C1=C(OC)CC(C)(C)[C@@H](C(=O)OC)C1=O. The zero-order valence-corrected chi connectivity index (χ0v) is 18.4. The van der Waals surface area contributed by atoms with E-state index in [-0.39, 0.29) is 11.4 Å². The predicted molar refractivity (Wildman–Crippen MR) is 110 cm³/mol. The zero-order valence-electron chi connectivity index (χ0n) is 18.4. The zero-order chi connectivity index (χ0) is 21.2. The summed E-state index contributed by atoms with van der Waals surface area (Å²) in [5, 5.41) is 0. The summed E-state index contributed by atoms with van der Waals surface area (Å²) in [6.45, 7) is 5.87. The first-order chi connectivity index (χ1) is 13.3. The van der Waals surface area contributed by atoms with Gasteiger partial charge in [0.1, 0.15) is 11.7 Å². The van der Waals surface area contributed by atoms with Crippen LogP contribution < -0.4 is 0 Å². The smallest absolute Gasteiger partial charge is 0.317 e. The van der Waals surface area contributed by atoms with Crippen LogP contribution in [0.25, 0.3) is 0 Å². The second kappa shape index (κ2) is 12.0. The fourth-order valence-corrected chi connectivity index (χ4v) is 3.97. The Morgan fingerprint density at radius 1 is 0.964 bits per heavy atom. The van der Waals surface area contributed by atoms with Crippen molar-refractivity contribution >= 4 is 17.5 Å². The highest BCUT2D eigenvalue weighted by Gasteiger charge is 2.49. The molecule has 0 N–H and O–H groups in total. The lowest BCUT2D eigenvalue weighted by atomic mass is 9.67. The monoisotopic (exact) mass is 394 g/mol.